The van der Waals surface area contributed by atoms with Gasteiger partial charge in [-0.15, -0.1) is 0 Å². The summed E-state index contributed by atoms with van der Waals surface area (Å²) < 4.78 is 9.99. The molecule has 0 unspecified atom stereocenters. The Morgan fingerprint density at radius 2 is 2.26 bits per heavy atom. The second-order valence-electron chi connectivity index (χ2n) is 4.90. The van der Waals surface area contributed by atoms with Crippen LogP contribution in [0, 0.1) is 0 Å². The van der Waals surface area contributed by atoms with Gasteiger partial charge in [-0.3, -0.25) is 9.69 Å². The Morgan fingerprint density at radius 3 is 3.00 bits per heavy atom. The number of methoxy groups -OCH3 is 2. The summed E-state index contributed by atoms with van der Waals surface area (Å²) >= 11 is 0. The molecule has 0 aromatic heterocycles. The summed E-state index contributed by atoms with van der Waals surface area (Å²) in [6, 6.07) is 8.55. The molecule has 0 saturated carbocycles. The maximum Gasteiger partial charge on any atom is 0.319 e. The van der Waals surface area contributed by atoms with Crippen molar-refractivity contribution in [2.75, 3.05) is 27.3 Å². The van der Waals surface area contributed by atoms with Crippen molar-refractivity contribution in [2.45, 2.75) is 25.3 Å². The highest BCUT2D eigenvalue weighted by atomic mass is 16.5. The van der Waals surface area contributed by atoms with Crippen molar-refractivity contribution in [2.24, 2.45) is 0 Å². The quantitative estimate of drug-likeness (QED) is 0.760. The van der Waals surface area contributed by atoms with Gasteiger partial charge in [-0.05, 0) is 43.5 Å². The number of carbonyl (C=O) groups excluding carboxylic acids is 1. The molecule has 4 heteroatoms. The molecular weight excluding hydrogens is 242 g/mol. The second-order valence-corrected chi connectivity index (χ2v) is 4.90. The predicted octanol–water partition coefficient (Wildman–Crippen LogP) is 1.88. The zero-order chi connectivity index (χ0) is 13.7. The third kappa shape index (κ3) is 3.70. The molecule has 1 atom stereocenters. The largest absolute Gasteiger partial charge is 0.497 e. The third-order valence-corrected chi connectivity index (χ3v) is 3.66. The number of hydrogen-bond donors (Lipinski definition) is 0. The van der Waals surface area contributed by atoms with Gasteiger partial charge in [-0.1, -0.05) is 12.1 Å². The van der Waals surface area contributed by atoms with E-state index in [1.165, 1.54) is 12.7 Å². The summed E-state index contributed by atoms with van der Waals surface area (Å²) in [7, 11) is 3.12. The molecule has 0 amide bonds. The number of hydrogen-bond acceptors (Lipinski definition) is 4. The van der Waals surface area contributed by atoms with E-state index in [9.17, 15) is 4.79 Å². The first kappa shape index (κ1) is 13.9. The number of benzene rings is 1. The number of carbonyl (C=O) groups is 1. The Kier molecular flexibility index (Phi) is 4.80. The van der Waals surface area contributed by atoms with Crippen LogP contribution in [0.2, 0.25) is 0 Å². The number of ether oxygens (including phenoxy) is 2. The van der Waals surface area contributed by atoms with E-state index >= 15 is 0 Å². The number of likely N-dealkylation sites (tertiary alicyclic amines) is 1. The van der Waals surface area contributed by atoms with Crippen LogP contribution in [-0.4, -0.2) is 44.2 Å². The lowest BCUT2D eigenvalue weighted by atomic mass is 10.0. The molecule has 1 aliphatic rings. The van der Waals surface area contributed by atoms with Crippen molar-refractivity contribution in [3.05, 3.63) is 29.8 Å². The topological polar surface area (TPSA) is 38.8 Å². The lowest BCUT2D eigenvalue weighted by Crippen LogP contribution is -2.36. The minimum Gasteiger partial charge on any atom is -0.497 e. The van der Waals surface area contributed by atoms with Gasteiger partial charge in [0.1, 0.15) is 5.75 Å². The third-order valence-electron chi connectivity index (χ3n) is 3.66. The van der Waals surface area contributed by atoms with Crippen LogP contribution in [0.1, 0.15) is 18.4 Å². The van der Waals surface area contributed by atoms with E-state index in [0.717, 1.165) is 31.6 Å². The summed E-state index contributed by atoms with van der Waals surface area (Å²) in [5.74, 6) is 0.729. The Labute approximate surface area is 114 Å². The lowest BCUT2D eigenvalue weighted by molar-refractivity contribution is -0.142. The van der Waals surface area contributed by atoms with Gasteiger partial charge in [0.2, 0.25) is 0 Å². The fourth-order valence-electron chi connectivity index (χ4n) is 2.64. The van der Waals surface area contributed by atoms with E-state index in [-0.39, 0.29) is 5.97 Å². The molecule has 1 fully saturated rings. The van der Waals surface area contributed by atoms with E-state index in [1.54, 1.807) is 7.11 Å². The van der Waals surface area contributed by atoms with Crippen LogP contribution in [0.5, 0.6) is 5.75 Å². The van der Waals surface area contributed by atoms with Crippen LogP contribution in [0.15, 0.2) is 24.3 Å². The first-order valence-electron chi connectivity index (χ1n) is 6.66. The summed E-state index contributed by atoms with van der Waals surface area (Å²) in [4.78, 5) is 13.6. The van der Waals surface area contributed by atoms with Crippen LogP contribution >= 0.6 is 0 Å². The van der Waals surface area contributed by atoms with Crippen LogP contribution in [-0.2, 0) is 16.0 Å². The van der Waals surface area contributed by atoms with Crippen molar-refractivity contribution in [1.82, 2.24) is 4.90 Å². The molecule has 0 radical (unpaired) electrons. The average Bonchev–Trinajstić information content (AvgIpc) is 2.86. The van der Waals surface area contributed by atoms with Crippen molar-refractivity contribution in [1.29, 1.82) is 0 Å². The summed E-state index contributed by atoms with van der Waals surface area (Å²) in [5, 5.41) is 0. The van der Waals surface area contributed by atoms with Gasteiger partial charge in [0.05, 0.1) is 20.8 Å². The zero-order valence-electron chi connectivity index (χ0n) is 11.6. The van der Waals surface area contributed by atoms with Gasteiger partial charge in [0.25, 0.3) is 0 Å². The molecule has 0 spiro atoms. The standard InChI is InChI=1S/C15H21NO3/c1-18-14-7-3-5-12(10-14)9-13-6-4-8-16(13)11-15(17)19-2/h3,5,7,10,13H,4,6,8-9,11H2,1-2H3/t13-/m0/s1. The van der Waals surface area contributed by atoms with Crippen LogP contribution in [0.25, 0.3) is 0 Å². The van der Waals surface area contributed by atoms with E-state index < -0.39 is 0 Å². The average molecular weight is 263 g/mol. The summed E-state index contributed by atoms with van der Waals surface area (Å²) in [5.41, 5.74) is 1.25. The molecule has 1 aromatic carbocycles. The molecule has 1 aliphatic heterocycles. The second kappa shape index (κ2) is 6.57. The Bertz CT molecular complexity index is 433. The fraction of sp³-hybridized carbons (Fsp3) is 0.533. The Balaban J connectivity index is 1.98. The summed E-state index contributed by atoms with van der Waals surface area (Å²) in [6.07, 6.45) is 3.23. The molecule has 1 heterocycles. The normalized spacial score (nSPS) is 19.4. The van der Waals surface area contributed by atoms with Crippen molar-refractivity contribution in [3.63, 3.8) is 0 Å². The SMILES string of the molecule is COC(=O)CN1CCC[C@H]1Cc1cccc(OC)c1. The Hall–Kier alpha value is -1.55. The van der Waals surface area contributed by atoms with Gasteiger partial charge in [-0.25, -0.2) is 0 Å². The molecule has 0 aliphatic carbocycles. The van der Waals surface area contributed by atoms with E-state index in [1.807, 2.05) is 12.1 Å². The number of rotatable bonds is 5. The lowest BCUT2D eigenvalue weighted by Gasteiger charge is -2.23. The molecule has 1 saturated heterocycles. The van der Waals surface area contributed by atoms with E-state index in [4.69, 9.17) is 9.47 Å². The van der Waals surface area contributed by atoms with E-state index in [2.05, 4.69) is 17.0 Å². The first-order chi connectivity index (χ1) is 9.22. The monoisotopic (exact) mass is 263 g/mol. The maximum absolute atomic E-state index is 11.4. The van der Waals surface area contributed by atoms with Crippen LogP contribution in [0.3, 0.4) is 0 Å². The zero-order valence-corrected chi connectivity index (χ0v) is 11.6. The van der Waals surface area contributed by atoms with Gasteiger partial charge in [-0.2, -0.15) is 0 Å². The molecule has 2 rings (SSSR count). The minimum atomic E-state index is -0.155. The highest BCUT2D eigenvalue weighted by Gasteiger charge is 2.26. The van der Waals surface area contributed by atoms with Gasteiger partial charge < -0.3 is 9.47 Å². The van der Waals surface area contributed by atoms with E-state index in [0.29, 0.717) is 12.6 Å². The minimum absolute atomic E-state index is 0.155. The van der Waals surface area contributed by atoms with Crippen LogP contribution in [0.4, 0.5) is 0 Å². The van der Waals surface area contributed by atoms with Crippen molar-refractivity contribution >= 4 is 5.97 Å². The van der Waals surface area contributed by atoms with Gasteiger partial charge >= 0.3 is 5.97 Å². The van der Waals surface area contributed by atoms with Crippen molar-refractivity contribution < 1.29 is 14.3 Å². The van der Waals surface area contributed by atoms with Gasteiger partial charge in [0.15, 0.2) is 0 Å². The molecule has 104 valence electrons. The van der Waals surface area contributed by atoms with Crippen LogP contribution < -0.4 is 4.74 Å². The molecule has 0 N–H and O–H groups in total. The molecule has 19 heavy (non-hydrogen) atoms. The molecule has 1 aromatic rings. The smallest absolute Gasteiger partial charge is 0.319 e. The Morgan fingerprint density at radius 1 is 1.42 bits per heavy atom. The number of nitrogens with zero attached hydrogens (tertiary/aromatic N) is 1. The summed E-state index contributed by atoms with van der Waals surface area (Å²) in [6.45, 7) is 1.37. The molecule has 4 nitrogen and oxygen atoms in total. The predicted molar refractivity (Wildman–Crippen MR) is 73.3 cm³/mol. The highest BCUT2D eigenvalue weighted by molar-refractivity contribution is 5.71. The molecule has 0 bridgehead atoms. The highest BCUT2D eigenvalue weighted by Crippen LogP contribution is 2.22. The fourth-order valence-corrected chi connectivity index (χ4v) is 2.64. The maximum atomic E-state index is 11.4. The van der Waals surface area contributed by atoms with Crippen molar-refractivity contribution in [3.8, 4) is 5.75 Å². The first-order valence-corrected chi connectivity index (χ1v) is 6.66. The number of esters is 1. The molecular formula is C15H21NO3. The van der Waals surface area contributed by atoms with Gasteiger partial charge in [0, 0.05) is 6.04 Å².